The molecule has 1 aliphatic heterocycles. The van der Waals surface area contributed by atoms with Crippen LogP contribution in [0.15, 0.2) is 30.5 Å². The van der Waals surface area contributed by atoms with Crippen LogP contribution in [0.2, 0.25) is 0 Å². The van der Waals surface area contributed by atoms with Crippen molar-refractivity contribution < 1.29 is 4.79 Å². The Hall–Kier alpha value is -1.56. The van der Waals surface area contributed by atoms with Crippen LogP contribution in [0.3, 0.4) is 0 Å². The minimum atomic E-state index is 0. The van der Waals surface area contributed by atoms with Gasteiger partial charge in [-0.25, -0.2) is 4.98 Å². The minimum absolute atomic E-state index is 0. The van der Waals surface area contributed by atoms with Crippen molar-refractivity contribution in [1.29, 1.82) is 0 Å². The average molecular weight is 371 g/mol. The largest absolute Gasteiger partial charge is 0.338 e. The topological polar surface area (TPSA) is 64.2 Å². The summed E-state index contributed by atoms with van der Waals surface area (Å²) >= 11 is 0. The van der Waals surface area contributed by atoms with Gasteiger partial charge in [0, 0.05) is 36.7 Å². The summed E-state index contributed by atoms with van der Waals surface area (Å²) in [5.74, 6) is 0.944. The van der Waals surface area contributed by atoms with E-state index in [0.717, 1.165) is 48.7 Å². The number of aromatic nitrogens is 2. The Morgan fingerprint density at radius 1 is 1.21 bits per heavy atom. The molecule has 132 valence electrons. The SMILES string of the molecule is Cc1cc(C(=O)N2CCC(N)CC2)c(C)n1-c1ccccn1.Cl.Cl. The molecule has 0 atom stereocenters. The molecule has 0 unspecified atom stereocenters. The van der Waals surface area contributed by atoms with Gasteiger partial charge in [-0.1, -0.05) is 6.07 Å². The Morgan fingerprint density at radius 2 is 1.88 bits per heavy atom. The Balaban J connectivity index is 0.00000144. The van der Waals surface area contributed by atoms with Gasteiger partial charge in [-0.2, -0.15) is 0 Å². The molecule has 7 heteroatoms. The summed E-state index contributed by atoms with van der Waals surface area (Å²) in [4.78, 5) is 19.1. The first-order valence-corrected chi connectivity index (χ1v) is 7.73. The van der Waals surface area contributed by atoms with E-state index in [0.29, 0.717) is 0 Å². The Labute approximate surface area is 155 Å². The molecule has 0 aromatic carbocycles. The van der Waals surface area contributed by atoms with E-state index in [2.05, 4.69) is 4.98 Å². The fourth-order valence-electron chi connectivity index (χ4n) is 3.09. The van der Waals surface area contributed by atoms with Gasteiger partial charge in [0.2, 0.25) is 0 Å². The first kappa shape index (κ1) is 20.5. The van der Waals surface area contributed by atoms with E-state index in [9.17, 15) is 4.79 Å². The van der Waals surface area contributed by atoms with Crippen LogP contribution < -0.4 is 5.73 Å². The molecule has 0 radical (unpaired) electrons. The number of hydrogen-bond acceptors (Lipinski definition) is 3. The number of hydrogen-bond donors (Lipinski definition) is 1. The number of likely N-dealkylation sites (tertiary alicyclic amines) is 1. The number of amides is 1. The van der Waals surface area contributed by atoms with E-state index < -0.39 is 0 Å². The van der Waals surface area contributed by atoms with E-state index in [1.807, 2.05) is 47.6 Å². The lowest BCUT2D eigenvalue weighted by molar-refractivity contribution is 0.0714. The molecular weight excluding hydrogens is 347 g/mol. The maximum Gasteiger partial charge on any atom is 0.255 e. The predicted molar refractivity (Wildman–Crippen MR) is 101 cm³/mol. The van der Waals surface area contributed by atoms with E-state index in [4.69, 9.17) is 5.73 Å². The van der Waals surface area contributed by atoms with E-state index in [-0.39, 0.29) is 36.8 Å². The van der Waals surface area contributed by atoms with Crippen molar-refractivity contribution >= 4 is 30.7 Å². The van der Waals surface area contributed by atoms with Crippen molar-refractivity contribution in [2.24, 2.45) is 5.73 Å². The zero-order valence-electron chi connectivity index (χ0n) is 13.9. The number of carbonyl (C=O) groups excluding carboxylic acids is 1. The molecule has 2 N–H and O–H groups in total. The van der Waals surface area contributed by atoms with Crippen LogP contribution in [0.1, 0.15) is 34.6 Å². The van der Waals surface area contributed by atoms with Gasteiger partial charge < -0.3 is 15.2 Å². The lowest BCUT2D eigenvalue weighted by atomic mass is 10.1. The van der Waals surface area contributed by atoms with Crippen LogP contribution in [0, 0.1) is 13.8 Å². The van der Waals surface area contributed by atoms with Crippen molar-refractivity contribution in [1.82, 2.24) is 14.5 Å². The lowest BCUT2D eigenvalue weighted by Gasteiger charge is -2.30. The number of rotatable bonds is 2. The summed E-state index contributed by atoms with van der Waals surface area (Å²) in [7, 11) is 0. The predicted octanol–water partition coefficient (Wildman–Crippen LogP) is 2.90. The number of carbonyl (C=O) groups is 1. The molecule has 1 amide bonds. The van der Waals surface area contributed by atoms with Crippen LogP contribution >= 0.6 is 24.8 Å². The molecular formula is C17H24Cl2N4O. The highest BCUT2D eigenvalue weighted by atomic mass is 35.5. The molecule has 1 aliphatic rings. The summed E-state index contributed by atoms with van der Waals surface area (Å²) in [5, 5.41) is 0. The molecule has 24 heavy (non-hydrogen) atoms. The van der Waals surface area contributed by atoms with E-state index in [1.165, 1.54) is 0 Å². The standard InChI is InChI=1S/C17H22N4O.2ClH/c1-12-11-15(17(22)20-9-6-14(18)7-10-20)13(2)21(12)16-5-3-4-8-19-16;;/h3-5,8,11,14H,6-7,9-10,18H2,1-2H3;2*1H. The Kier molecular flexibility index (Phi) is 7.27. The monoisotopic (exact) mass is 370 g/mol. The third kappa shape index (κ3) is 3.91. The second kappa shape index (κ2) is 8.51. The van der Waals surface area contributed by atoms with Crippen LogP contribution in [0.25, 0.3) is 5.82 Å². The quantitative estimate of drug-likeness (QED) is 0.883. The highest BCUT2D eigenvalue weighted by Crippen LogP contribution is 2.22. The molecule has 2 aromatic heterocycles. The molecule has 2 aromatic rings. The van der Waals surface area contributed by atoms with Crippen LogP contribution in [0.5, 0.6) is 0 Å². The number of halogens is 2. The molecule has 1 fully saturated rings. The molecule has 5 nitrogen and oxygen atoms in total. The zero-order valence-corrected chi connectivity index (χ0v) is 15.6. The van der Waals surface area contributed by atoms with Crippen LogP contribution in [0.4, 0.5) is 0 Å². The summed E-state index contributed by atoms with van der Waals surface area (Å²) < 4.78 is 2.03. The fourth-order valence-corrected chi connectivity index (χ4v) is 3.09. The highest BCUT2D eigenvalue weighted by Gasteiger charge is 2.25. The van der Waals surface area contributed by atoms with Gasteiger partial charge in [0.15, 0.2) is 0 Å². The maximum atomic E-state index is 12.8. The smallest absolute Gasteiger partial charge is 0.255 e. The number of aryl methyl sites for hydroxylation is 1. The summed E-state index contributed by atoms with van der Waals surface area (Å²) in [6.45, 7) is 5.47. The maximum absolute atomic E-state index is 12.8. The van der Waals surface area contributed by atoms with Gasteiger partial charge in [0.1, 0.15) is 5.82 Å². The molecule has 3 heterocycles. The van der Waals surface area contributed by atoms with Gasteiger partial charge in [-0.3, -0.25) is 4.79 Å². The first-order valence-electron chi connectivity index (χ1n) is 7.73. The van der Waals surface area contributed by atoms with Gasteiger partial charge in [0.05, 0.1) is 5.56 Å². The summed E-state index contributed by atoms with van der Waals surface area (Å²) in [5.41, 5.74) is 8.64. The third-order valence-corrected chi connectivity index (χ3v) is 4.37. The molecule has 0 saturated carbocycles. The van der Waals surface area contributed by atoms with Crippen molar-refractivity contribution in [3.63, 3.8) is 0 Å². The lowest BCUT2D eigenvalue weighted by Crippen LogP contribution is -2.42. The molecule has 1 saturated heterocycles. The molecule has 3 rings (SSSR count). The van der Waals surface area contributed by atoms with E-state index in [1.54, 1.807) is 6.20 Å². The second-order valence-electron chi connectivity index (χ2n) is 5.94. The number of pyridine rings is 1. The molecule has 0 bridgehead atoms. The summed E-state index contributed by atoms with van der Waals surface area (Å²) in [6, 6.07) is 7.98. The number of nitrogens with zero attached hydrogens (tertiary/aromatic N) is 3. The van der Waals surface area contributed by atoms with Crippen molar-refractivity contribution in [2.45, 2.75) is 32.7 Å². The second-order valence-corrected chi connectivity index (χ2v) is 5.94. The Bertz CT molecular complexity index is 679. The minimum Gasteiger partial charge on any atom is -0.338 e. The van der Waals surface area contributed by atoms with Gasteiger partial charge in [-0.05, 0) is 44.9 Å². The highest BCUT2D eigenvalue weighted by molar-refractivity contribution is 5.96. The summed E-state index contributed by atoms with van der Waals surface area (Å²) in [6.07, 6.45) is 3.52. The Morgan fingerprint density at radius 3 is 2.46 bits per heavy atom. The van der Waals surface area contributed by atoms with Crippen LogP contribution in [-0.2, 0) is 0 Å². The van der Waals surface area contributed by atoms with Gasteiger partial charge in [0.25, 0.3) is 5.91 Å². The van der Waals surface area contributed by atoms with Gasteiger partial charge >= 0.3 is 0 Å². The van der Waals surface area contributed by atoms with Gasteiger partial charge in [-0.15, -0.1) is 24.8 Å². The molecule has 0 spiro atoms. The van der Waals surface area contributed by atoms with Crippen molar-refractivity contribution in [3.05, 3.63) is 47.4 Å². The third-order valence-electron chi connectivity index (χ3n) is 4.37. The van der Waals surface area contributed by atoms with Crippen LogP contribution in [-0.4, -0.2) is 39.5 Å². The average Bonchev–Trinajstić information content (AvgIpc) is 2.83. The first-order chi connectivity index (χ1) is 10.6. The number of nitrogens with two attached hydrogens (primary N) is 1. The molecule has 0 aliphatic carbocycles. The zero-order chi connectivity index (χ0) is 15.7. The van der Waals surface area contributed by atoms with Crippen molar-refractivity contribution in [2.75, 3.05) is 13.1 Å². The fraction of sp³-hybridized carbons (Fsp3) is 0.412. The van der Waals surface area contributed by atoms with E-state index >= 15 is 0 Å². The normalized spacial score (nSPS) is 14.7. The van der Waals surface area contributed by atoms with Crippen molar-refractivity contribution in [3.8, 4) is 5.82 Å². The number of piperidine rings is 1.